The van der Waals surface area contributed by atoms with Crippen LogP contribution in [0.5, 0.6) is 5.88 Å². The first kappa shape index (κ1) is 17.4. The first-order valence-electron chi connectivity index (χ1n) is 9.12. The topological polar surface area (TPSA) is 51.5 Å². The molecular formula is C20H24N4OS. The molecule has 1 aromatic carbocycles. The van der Waals surface area contributed by atoms with Gasteiger partial charge in [0.05, 0.1) is 11.9 Å². The van der Waals surface area contributed by atoms with Crippen LogP contribution in [-0.2, 0) is 0 Å². The number of imidazole rings is 1. The molecule has 3 aromatic rings. The van der Waals surface area contributed by atoms with Gasteiger partial charge < -0.3 is 10.1 Å². The van der Waals surface area contributed by atoms with Crippen molar-refractivity contribution < 1.29 is 4.74 Å². The first-order chi connectivity index (χ1) is 12.8. The van der Waals surface area contributed by atoms with Crippen LogP contribution < -0.4 is 10.1 Å². The zero-order valence-corrected chi connectivity index (χ0v) is 16.0. The second-order valence-electron chi connectivity index (χ2n) is 6.71. The molecule has 2 atom stereocenters. The monoisotopic (exact) mass is 368 g/mol. The fraction of sp³-hybridized carbons (Fsp3) is 0.400. The number of piperidine rings is 1. The lowest BCUT2D eigenvalue weighted by Gasteiger charge is -2.28. The molecule has 0 amide bonds. The molecule has 1 N–H and O–H groups in total. The van der Waals surface area contributed by atoms with Crippen LogP contribution >= 0.6 is 11.8 Å². The van der Waals surface area contributed by atoms with E-state index in [1.807, 2.05) is 28.9 Å². The molecule has 0 saturated carbocycles. The summed E-state index contributed by atoms with van der Waals surface area (Å²) >= 11 is 1.73. The molecule has 2 aromatic heterocycles. The van der Waals surface area contributed by atoms with Gasteiger partial charge in [0.1, 0.15) is 6.10 Å². The maximum atomic E-state index is 6.17. The van der Waals surface area contributed by atoms with Crippen LogP contribution in [0.1, 0.15) is 19.8 Å². The third-order valence-electron chi connectivity index (χ3n) is 5.03. The van der Waals surface area contributed by atoms with Crippen LogP contribution in [0.15, 0.2) is 47.5 Å². The number of fused-ring (bicyclic) bond motifs is 1. The molecule has 0 radical (unpaired) electrons. The maximum Gasteiger partial charge on any atom is 0.232 e. The molecule has 136 valence electrons. The molecule has 1 aliphatic heterocycles. The van der Waals surface area contributed by atoms with Gasteiger partial charge in [-0.2, -0.15) is 0 Å². The van der Waals surface area contributed by atoms with Gasteiger partial charge in [0.2, 0.25) is 5.88 Å². The number of rotatable bonds is 5. The Morgan fingerprint density at radius 2 is 2.15 bits per heavy atom. The minimum Gasteiger partial charge on any atom is -0.473 e. The van der Waals surface area contributed by atoms with Crippen molar-refractivity contribution >= 4 is 17.4 Å². The summed E-state index contributed by atoms with van der Waals surface area (Å²) in [6.45, 7) is 4.27. The van der Waals surface area contributed by atoms with Gasteiger partial charge in [0.25, 0.3) is 0 Å². The van der Waals surface area contributed by atoms with Crippen molar-refractivity contribution in [3.63, 3.8) is 0 Å². The van der Waals surface area contributed by atoms with Gasteiger partial charge in [0, 0.05) is 29.0 Å². The standard InChI is InChI=1S/C20H24N4OS/c1-14(15-6-5-11-21-12-15)25-20-10-9-19-22-13-17(24(19)23-20)16-7-3-4-8-18(16)26-2/h3-4,7-10,13-15,21H,5-6,11-12H2,1-2H3. The van der Waals surface area contributed by atoms with Crippen molar-refractivity contribution in [1.29, 1.82) is 0 Å². The molecule has 2 unspecified atom stereocenters. The average molecular weight is 369 g/mol. The molecule has 0 bridgehead atoms. The Bertz CT molecular complexity index is 888. The first-order valence-corrected chi connectivity index (χ1v) is 10.3. The Balaban J connectivity index is 1.64. The second kappa shape index (κ2) is 7.68. The van der Waals surface area contributed by atoms with Gasteiger partial charge in [-0.15, -0.1) is 16.9 Å². The predicted octanol–water partition coefficient (Wildman–Crippen LogP) is 3.89. The Labute approximate surface area is 158 Å². The Hall–Kier alpha value is -2.05. The molecule has 0 spiro atoms. The van der Waals surface area contributed by atoms with E-state index >= 15 is 0 Å². The molecule has 4 rings (SSSR count). The summed E-state index contributed by atoms with van der Waals surface area (Å²) in [4.78, 5) is 5.72. The SMILES string of the molecule is CSc1ccccc1-c1cnc2ccc(OC(C)C3CCCNC3)nn12. The Morgan fingerprint density at radius 1 is 1.27 bits per heavy atom. The number of benzene rings is 1. The zero-order chi connectivity index (χ0) is 17.9. The largest absolute Gasteiger partial charge is 0.473 e. The quantitative estimate of drug-likeness (QED) is 0.693. The number of hydrogen-bond donors (Lipinski definition) is 1. The lowest BCUT2D eigenvalue weighted by Crippen LogP contribution is -2.38. The summed E-state index contributed by atoms with van der Waals surface area (Å²) in [5, 5.41) is 8.18. The molecule has 3 heterocycles. The predicted molar refractivity (Wildman–Crippen MR) is 106 cm³/mol. The fourth-order valence-corrected chi connectivity index (χ4v) is 4.13. The lowest BCUT2D eigenvalue weighted by atomic mass is 9.95. The van der Waals surface area contributed by atoms with E-state index in [-0.39, 0.29) is 6.10 Å². The molecular weight excluding hydrogens is 344 g/mol. The number of nitrogens with one attached hydrogen (secondary N) is 1. The molecule has 1 fully saturated rings. The summed E-state index contributed by atoms with van der Waals surface area (Å²) in [6, 6.07) is 12.2. The van der Waals surface area contributed by atoms with Crippen molar-refractivity contribution in [1.82, 2.24) is 19.9 Å². The lowest BCUT2D eigenvalue weighted by molar-refractivity contribution is 0.124. The summed E-state index contributed by atoms with van der Waals surface area (Å²) in [5.74, 6) is 1.18. The number of nitrogens with zero attached hydrogens (tertiary/aromatic N) is 3. The third-order valence-corrected chi connectivity index (χ3v) is 5.82. The van der Waals surface area contributed by atoms with E-state index in [2.05, 4.69) is 41.7 Å². The van der Waals surface area contributed by atoms with E-state index in [9.17, 15) is 0 Å². The molecule has 1 aliphatic rings. The molecule has 5 nitrogen and oxygen atoms in total. The second-order valence-corrected chi connectivity index (χ2v) is 7.56. The maximum absolute atomic E-state index is 6.17. The van der Waals surface area contributed by atoms with Gasteiger partial charge in [-0.3, -0.25) is 0 Å². The highest BCUT2D eigenvalue weighted by atomic mass is 32.2. The van der Waals surface area contributed by atoms with Crippen LogP contribution in [0.2, 0.25) is 0 Å². The normalized spacial score (nSPS) is 18.8. The number of hydrogen-bond acceptors (Lipinski definition) is 5. The highest BCUT2D eigenvalue weighted by molar-refractivity contribution is 7.98. The summed E-state index contributed by atoms with van der Waals surface area (Å²) in [5.41, 5.74) is 2.96. The van der Waals surface area contributed by atoms with Crippen LogP contribution in [-0.4, -0.2) is 40.0 Å². The van der Waals surface area contributed by atoms with Gasteiger partial charge in [0.15, 0.2) is 5.65 Å². The van der Waals surface area contributed by atoms with Crippen LogP contribution in [0.3, 0.4) is 0 Å². The summed E-state index contributed by atoms with van der Waals surface area (Å²) < 4.78 is 8.06. The van der Waals surface area contributed by atoms with Crippen molar-refractivity contribution in [2.45, 2.75) is 30.8 Å². The van der Waals surface area contributed by atoms with Crippen LogP contribution in [0.4, 0.5) is 0 Å². The van der Waals surface area contributed by atoms with E-state index in [0.29, 0.717) is 11.8 Å². The third kappa shape index (κ3) is 3.44. The number of thioether (sulfide) groups is 1. The van der Waals surface area contributed by atoms with Crippen molar-refractivity contribution in [2.24, 2.45) is 5.92 Å². The van der Waals surface area contributed by atoms with E-state index in [1.165, 1.54) is 17.7 Å². The van der Waals surface area contributed by atoms with Gasteiger partial charge >= 0.3 is 0 Å². The zero-order valence-electron chi connectivity index (χ0n) is 15.2. The molecule has 0 aliphatic carbocycles. The Kier molecular flexibility index (Phi) is 5.13. The van der Waals surface area contributed by atoms with Gasteiger partial charge in [-0.25, -0.2) is 9.50 Å². The molecule has 1 saturated heterocycles. The molecule has 26 heavy (non-hydrogen) atoms. The van der Waals surface area contributed by atoms with Gasteiger partial charge in [-0.05, 0) is 44.7 Å². The average Bonchev–Trinajstić information content (AvgIpc) is 3.11. The summed E-state index contributed by atoms with van der Waals surface area (Å²) in [7, 11) is 0. The molecule has 6 heteroatoms. The van der Waals surface area contributed by atoms with Crippen molar-refractivity contribution in [3.05, 3.63) is 42.6 Å². The summed E-state index contributed by atoms with van der Waals surface area (Å²) in [6.07, 6.45) is 6.52. The number of aromatic nitrogens is 3. The minimum absolute atomic E-state index is 0.137. The van der Waals surface area contributed by atoms with E-state index in [4.69, 9.17) is 9.84 Å². The minimum atomic E-state index is 0.137. The highest BCUT2D eigenvalue weighted by Gasteiger charge is 2.22. The van der Waals surface area contributed by atoms with E-state index in [1.54, 1.807) is 11.8 Å². The smallest absolute Gasteiger partial charge is 0.232 e. The van der Waals surface area contributed by atoms with Crippen LogP contribution in [0.25, 0.3) is 16.9 Å². The van der Waals surface area contributed by atoms with Crippen molar-refractivity contribution in [2.75, 3.05) is 19.3 Å². The van der Waals surface area contributed by atoms with Crippen molar-refractivity contribution in [3.8, 4) is 17.1 Å². The Morgan fingerprint density at radius 3 is 2.96 bits per heavy atom. The number of ether oxygens (including phenoxy) is 1. The fourth-order valence-electron chi connectivity index (χ4n) is 3.53. The van der Waals surface area contributed by atoms with Crippen LogP contribution in [0, 0.1) is 5.92 Å². The van der Waals surface area contributed by atoms with E-state index < -0.39 is 0 Å². The highest BCUT2D eigenvalue weighted by Crippen LogP contribution is 2.30. The van der Waals surface area contributed by atoms with E-state index in [0.717, 1.165) is 30.0 Å². The van der Waals surface area contributed by atoms with Gasteiger partial charge in [-0.1, -0.05) is 18.2 Å².